The summed E-state index contributed by atoms with van der Waals surface area (Å²) in [5.74, 6) is 1.73. The van der Waals surface area contributed by atoms with E-state index in [0.29, 0.717) is 17.8 Å². The van der Waals surface area contributed by atoms with Gasteiger partial charge < -0.3 is 14.2 Å². The van der Waals surface area contributed by atoms with E-state index >= 15 is 0 Å². The third-order valence-electron chi connectivity index (χ3n) is 7.99. The Balaban J connectivity index is 1.78. The van der Waals surface area contributed by atoms with Gasteiger partial charge in [0.05, 0.1) is 23.4 Å². The van der Waals surface area contributed by atoms with Crippen LogP contribution in [0.15, 0.2) is 0 Å². The fraction of sp³-hybridized carbons (Fsp3) is 0.955. The van der Waals surface area contributed by atoms with Crippen LogP contribution in [0.5, 0.6) is 0 Å². The standard InChI is InChI=1S/C22H36O4/c1-13(2)15-8-11-21(5,25-14(3)23)18-16-12-20(4)9-7-10-22(6,26-20)19(24-16)17(15)18/h13,15-19H,7-12H2,1-6H3/t15-,16?,17-,18-,19?,20+,21-,22-/m0/s1. The summed E-state index contributed by atoms with van der Waals surface area (Å²) in [6, 6.07) is 0. The number of carbonyl (C=O) groups excluding carboxylic acids is 1. The van der Waals surface area contributed by atoms with Crippen LogP contribution in [0.4, 0.5) is 0 Å². The molecule has 0 radical (unpaired) electrons. The third kappa shape index (κ3) is 2.74. The van der Waals surface area contributed by atoms with Gasteiger partial charge >= 0.3 is 5.97 Å². The van der Waals surface area contributed by atoms with E-state index in [2.05, 4.69) is 34.6 Å². The summed E-state index contributed by atoms with van der Waals surface area (Å²) in [5, 5.41) is 0. The second-order valence-corrected chi connectivity index (χ2v) is 10.5. The van der Waals surface area contributed by atoms with Gasteiger partial charge in [-0.05, 0) is 64.7 Å². The van der Waals surface area contributed by atoms with Crippen molar-refractivity contribution < 1.29 is 19.0 Å². The first kappa shape index (κ1) is 18.7. The number of ether oxygens (including phenoxy) is 3. The first-order valence-electron chi connectivity index (χ1n) is 10.6. The molecular weight excluding hydrogens is 328 g/mol. The van der Waals surface area contributed by atoms with E-state index in [-0.39, 0.29) is 35.3 Å². The topological polar surface area (TPSA) is 44.8 Å². The molecule has 0 aromatic carbocycles. The van der Waals surface area contributed by atoms with Gasteiger partial charge in [-0.1, -0.05) is 13.8 Å². The molecule has 0 amide bonds. The number of fused-ring (bicyclic) bond motifs is 8. The highest BCUT2D eigenvalue weighted by atomic mass is 16.6. The second kappa shape index (κ2) is 5.94. The Morgan fingerprint density at radius 2 is 1.88 bits per heavy atom. The number of carbonyl (C=O) groups is 1. The molecule has 1 saturated carbocycles. The minimum atomic E-state index is -0.417. The predicted molar refractivity (Wildman–Crippen MR) is 99.7 cm³/mol. The lowest BCUT2D eigenvalue weighted by Crippen LogP contribution is -2.60. The van der Waals surface area contributed by atoms with E-state index in [1.54, 1.807) is 6.92 Å². The highest BCUT2D eigenvalue weighted by molar-refractivity contribution is 5.66. The van der Waals surface area contributed by atoms with Crippen LogP contribution in [0.3, 0.4) is 0 Å². The minimum Gasteiger partial charge on any atom is -0.459 e. The first-order valence-corrected chi connectivity index (χ1v) is 10.6. The summed E-state index contributed by atoms with van der Waals surface area (Å²) < 4.78 is 19.5. The largest absolute Gasteiger partial charge is 0.459 e. The molecule has 4 aliphatic rings. The molecule has 0 aromatic heterocycles. The van der Waals surface area contributed by atoms with Gasteiger partial charge in [0.15, 0.2) is 0 Å². The van der Waals surface area contributed by atoms with Gasteiger partial charge in [-0.15, -0.1) is 0 Å². The molecular formula is C22H36O4. The normalized spacial score (nSPS) is 53.1. The maximum atomic E-state index is 11.9. The molecule has 3 saturated heterocycles. The van der Waals surface area contributed by atoms with Crippen molar-refractivity contribution in [2.24, 2.45) is 23.7 Å². The molecule has 4 rings (SSSR count). The van der Waals surface area contributed by atoms with Gasteiger partial charge in [-0.2, -0.15) is 0 Å². The van der Waals surface area contributed by atoms with Gasteiger partial charge in [0, 0.05) is 25.2 Å². The first-order chi connectivity index (χ1) is 12.1. The van der Waals surface area contributed by atoms with E-state index in [0.717, 1.165) is 32.1 Å². The van der Waals surface area contributed by atoms with Crippen molar-refractivity contribution in [3.63, 3.8) is 0 Å². The molecule has 4 fully saturated rings. The summed E-state index contributed by atoms with van der Waals surface area (Å²) in [4.78, 5) is 11.9. The number of hydrogen-bond donors (Lipinski definition) is 0. The Bertz CT molecular complexity index is 589. The summed E-state index contributed by atoms with van der Waals surface area (Å²) in [6.07, 6.45) is 6.58. The van der Waals surface area contributed by atoms with Crippen molar-refractivity contribution in [1.82, 2.24) is 0 Å². The summed E-state index contributed by atoms with van der Waals surface area (Å²) in [5.41, 5.74) is -0.748. The molecule has 3 heterocycles. The van der Waals surface area contributed by atoms with Crippen LogP contribution in [0.25, 0.3) is 0 Å². The van der Waals surface area contributed by atoms with E-state index in [4.69, 9.17) is 14.2 Å². The summed E-state index contributed by atoms with van der Waals surface area (Å²) >= 11 is 0. The molecule has 4 nitrogen and oxygen atoms in total. The summed E-state index contributed by atoms with van der Waals surface area (Å²) in [6.45, 7) is 12.9. The fourth-order valence-electron chi connectivity index (χ4n) is 7.10. The Morgan fingerprint density at radius 1 is 1.15 bits per heavy atom. The maximum Gasteiger partial charge on any atom is 0.303 e. The number of rotatable bonds is 2. The molecule has 0 aromatic rings. The zero-order chi connectivity index (χ0) is 18.9. The molecule has 26 heavy (non-hydrogen) atoms. The zero-order valence-electron chi connectivity index (χ0n) is 17.3. The number of hydrogen-bond acceptors (Lipinski definition) is 4. The van der Waals surface area contributed by atoms with Crippen molar-refractivity contribution in [3.8, 4) is 0 Å². The van der Waals surface area contributed by atoms with Crippen molar-refractivity contribution in [3.05, 3.63) is 0 Å². The van der Waals surface area contributed by atoms with Gasteiger partial charge in [-0.3, -0.25) is 4.79 Å². The molecule has 1 aliphatic carbocycles. The second-order valence-electron chi connectivity index (χ2n) is 10.5. The zero-order valence-corrected chi connectivity index (χ0v) is 17.3. The molecule has 8 atom stereocenters. The fourth-order valence-corrected chi connectivity index (χ4v) is 7.10. The van der Waals surface area contributed by atoms with Crippen LogP contribution in [-0.2, 0) is 19.0 Å². The van der Waals surface area contributed by atoms with Crippen molar-refractivity contribution in [2.45, 2.75) is 109 Å². The van der Waals surface area contributed by atoms with Crippen LogP contribution >= 0.6 is 0 Å². The lowest BCUT2D eigenvalue weighted by Gasteiger charge is -2.55. The molecule has 4 heteroatoms. The maximum absolute atomic E-state index is 11.9. The highest BCUT2D eigenvalue weighted by Crippen LogP contribution is 2.61. The van der Waals surface area contributed by atoms with Gasteiger partial charge in [0.1, 0.15) is 5.60 Å². The van der Waals surface area contributed by atoms with Gasteiger partial charge in [-0.25, -0.2) is 0 Å². The van der Waals surface area contributed by atoms with E-state index in [9.17, 15) is 4.79 Å². The molecule has 148 valence electrons. The third-order valence-corrected chi connectivity index (χ3v) is 7.99. The summed E-state index contributed by atoms with van der Waals surface area (Å²) in [7, 11) is 0. The number of esters is 1. The average Bonchev–Trinajstić information content (AvgIpc) is 2.83. The lowest BCUT2D eigenvalue weighted by molar-refractivity contribution is -0.219. The monoisotopic (exact) mass is 364 g/mol. The Labute approximate surface area is 158 Å². The van der Waals surface area contributed by atoms with Crippen LogP contribution < -0.4 is 0 Å². The quantitative estimate of drug-likeness (QED) is 0.677. The molecule has 0 N–H and O–H groups in total. The molecule has 2 unspecified atom stereocenters. The Hall–Kier alpha value is -0.610. The van der Waals surface area contributed by atoms with Crippen LogP contribution in [0.2, 0.25) is 0 Å². The van der Waals surface area contributed by atoms with Crippen molar-refractivity contribution in [2.75, 3.05) is 0 Å². The predicted octanol–water partition coefficient (Wildman–Crippen LogP) is 4.50. The minimum absolute atomic E-state index is 0.112. The van der Waals surface area contributed by atoms with Crippen LogP contribution in [0, 0.1) is 23.7 Å². The average molecular weight is 365 g/mol. The Morgan fingerprint density at radius 3 is 2.54 bits per heavy atom. The molecule has 3 aliphatic heterocycles. The van der Waals surface area contributed by atoms with E-state index in [1.165, 1.54) is 6.42 Å². The molecule has 0 spiro atoms. The molecule has 4 bridgehead atoms. The van der Waals surface area contributed by atoms with Gasteiger partial charge in [0.2, 0.25) is 0 Å². The SMILES string of the molecule is CC(=O)O[C@@]1(C)CC[C@@H](C(C)C)[C@@H]2C3OC(C[C@@]4(C)CCC[C@]3(C)O4)[C@@H]21. The van der Waals surface area contributed by atoms with E-state index < -0.39 is 5.60 Å². The van der Waals surface area contributed by atoms with Crippen LogP contribution in [0.1, 0.15) is 80.1 Å². The van der Waals surface area contributed by atoms with Crippen molar-refractivity contribution in [1.29, 1.82) is 0 Å². The van der Waals surface area contributed by atoms with E-state index in [1.807, 2.05) is 0 Å². The Kier molecular flexibility index (Phi) is 4.28. The lowest BCUT2D eigenvalue weighted by atomic mass is 9.56. The highest BCUT2D eigenvalue weighted by Gasteiger charge is 2.67. The van der Waals surface area contributed by atoms with Gasteiger partial charge in [0.25, 0.3) is 0 Å². The smallest absolute Gasteiger partial charge is 0.303 e. The van der Waals surface area contributed by atoms with Crippen molar-refractivity contribution >= 4 is 5.97 Å². The van der Waals surface area contributed by atoms with Crippen LogP contribution in [-0.4, -0.2) is 35.0 Å².